The molecule has 0 unspecified atom stereocenters. The van der Waals surface area contributed by atoms with Gasteiger partial charge in [0.25, 0.3) is 0 Å². The minimum absolute atomic E-state index is 0.0643. The van der Waals surface area contributed by atoms with Gasteiger partial charge in [-0.2, -0.15) is 0 Å². The predicted octanol–water partition coefficient (Wildman–Crippen LogP) is 3.37. The third-order valence-corrected chi connectivity index (χ3v) is 5.15. The second-order valence-corrected chi connectivity index (χ2v) is 7.06. The molecular weight excluding hydrogens is 342 g/mol. The number of aryl methyl sites for hydroxylation is 1. The van der Waals surface area contributed by atoms with Crippen LogP contribution in [-0.4, -0.2) is 41.9 Å². The van der Waals surface area contributed by atoms with Crippen LogP contribution in [0.15, 0.2) is 42.5 Å². The first-order chi connectivity index (χ1) is 13.0. The van der Waals surface area contributed by atoms with Crippen LogP contribution >= 0.6 is 0 Å². The third kappa shape index (κ3) is 4.48. The lowest BCUT2D eigenvalue weighted by Crippen LogP contribution is -2.41. The molecule has 3 rings (SSSR count). The normalized spacial score (nSPS) is 14.8. The van der Waals surface area contributed by atoms with Gasteiger partial charge in [0.15, 0.2) is 5.78 Å². The van der Waals surface area contributed by atoms with E-state index in [1.807, 2.05) is 30.0 Å². The van der Waals surface area contributed by atoms with Crippen LogP contribution in [0.2, 0.25) is 0 Å². The third-order valence-electron chi connectivity index (χ3n) is 5.15. The van der Waals surface area contributed by atoms with Gasteiger partial charge in [0.1, 0.15) is 11.5 Å². The van der Waals surface area contributed by atoms with Crippen LogP contribution in [0, 0.1) is 12.8 Å². The Kier molecular flexibility index (Phi) is 5.79. The van der Waals surface area contributed by atoms with Crippen molar-refractivity contribution in [3.63, 3.8) is 0 Å². The van der Waals surface area contributed by atoms with Crippen LogP contribution in [0.3, 0.4) is 0 Å². The van der Waals surface area contributed by atoms with Crippen molar-refractivity contribution in [3.8, 4) is 11.5 Å². The Balaban J connectivity index is 1.59. The highest BCUT2D eigenvalue weighted by molar-refractivity contribution is 5.98. The number of hydrogen-bond acceptors (Lipinski definition) is 4. The number of hydrogen-bond donors (Lipinski definition) is 1. The largest absolute Gasteiger partial charge is 0.508 e. The van der Waals surface area contributed by atoms with Crippen molar-refractivity contribution < 1.29 is 19.4 Å². The van der Waals surface area contributed by atoms with Crippen molar-refractivity contribution in [1.82, 2.24) is 4.90 Å². The Labute approximate surface area is 159 Å². The number of rotatable bonds is 5. The molecule has 0 atom stereocenters. The number of methoxy groups -OCH3 is 1. The molecule has 1 aliphatic heterocycles. The van der Waals surface area contributed by atoms with Crippen LogP contribution < -0.4 is 4.74 Å². The molecule has 5 nitrogen and oxygen atoms in total. The van der Waals surface area contributed by atoms with E-state index in [1.165, 1.54) is 12.1 Å². The monoisotopic (exact) mass is 367 g/mol. The summed E-state index contributed by atoms with van der Waals surface area (Å²) < 4.78 is 5.36. The Morgan fingerprint density at radius 1 is 1.11 bits per heavy atom. The van der Waals surface area contributed by atoms with Crippen molar-refractivity contribution in [3.05, 3.63) is 59.2 Å². The number of ether oxygens (including phenoxy) is 1. The molecule has 2 aromatic carbocycles. The molecule has 5 heteroatoms. The van der Waals surface area contributed by atoms with E-state index in [0.717, 1.165) is 16.9 Å². The molecule has 1 aliphatic rings. The Morgan fingerprint density at radius 2 is 1.78 bits per heavy atom. The highest BCUT2D eigenvalue weighted by Gasteiger charge is 2.28. The topological polar surface area (TPSA) is 66.8 Å². The summed E-state index contributed by atoms with van der Waals surface area (Å²) in [5, 5.41) is 9.36. The molecule has 0 bridgehead atoms. The quantitative estimate of drug-likeness (QED) is 0.823. The Morgan fingerprint density at radius 3 is 2.41 bits per heavy atom. The molecule has 1 fully saturated rings. The van der Waals surface area contributed by atoms with Gasteiger partial charge in [-0.25, -0.2) is 0 Å². The summed E-state index contributed by atoms with van der Waals surface area (Å²) in [6.45, 7) is 3.16. The highest BCUT2D eigenvalue weighted by Crippen LogP contribution is 2.25. The zero-order valence-electron chi connectivity index (χ0n) is 15.8. The number of amides is 1. The fourth-order valence-corrected chi connectivity index (χ4v) is 3.57. The van der Waals surface area contributed by atoms with Crippen molar-refractivity contribution in [1.29, 1.82) is 0 Å². The first-order valence-electron chi connectivity index (χ1n) is 9.22. The van der Waals surface area contributed by atoms with Gasteiger partial charge in [0.05, 0.1) is 13.5 Å². The number of carbonyl (C=O) groups excluding carboxylic acids is 2. The van der Waals surface area contributed by atoms with Crippen LogP contribution in [0.4, 0.5) is 0 Å². The summed E-state index contributed by atoms with van der Waals surface area (Å²) in [5.74, 6) is 0.953. The predicted molar refractivity (Wildman–Crippen MR) is 103 cm³/mol. The molecule has 0 spiro atoms. The average molecular weight is 367 g/mol. The summed E-state index contributed by atoms with van der Waals surface area (Å²) in [6.07, 6.45) is 1.63. The summed E-state index contributed by atoms with van der Waals surface area (Å²) in [4.78, 5) is 27.1. The number of nitrogens with zero attached hydrogens (tertiary/aromatic N) is 1. The van der Waals surface area contributed by atoms with Crippen molar-refractivity contribution >= 4 is 11.7 Å². The fraction of sp³-hybridized carbons (Fsp3) is 0.364. The van der Waals surface area contributed by atoms with Gasteiger partial charge in [-0.15, -0.1) is 0 Å². The van der Waals surface area contributed by atoms with E-state index in [2.05, 4.69) is 0 Å². The van der Waals surface area contributed by atoms with Gasteiger partial charge in [-0.3, -0.25) is 9.59 Å². The minimum Gasteiger partial charge on any atom is -0.508 e. The maximum atomic E-state index is 12.7. The highest BCUT2D eigenvalue weighted by atomic mass is 16.5. The molecule has 1 N–H and O–H groups in total. The van der Waals surface area contributed by atoms with E-state index in [-0.39, 0.29) is 23.4 Å². The summed E-state index contributed by atoms with van der Waals surface area (Å²) >= 11 is 0. The molecule has 0 saturated carbocycles. The molecular formula is C22H25NO4. The van der Waals surface area contributed by atoms with E-state index in [0.29, 0.717) is 37.9 Å². The summed E-state index contributed by atoms with van der Waals surface area (Å²) in [6, 6.07) is 12.2. The van der Waals surface area contributed by atoms with E-state index in [9.17, 15) is 14.7 Å². The van der Waals surface area contributed by atoms with Gasteiger partial charge >= 0.3 is 0 Å². The number of Topliss-reactive ketones (excluding diaryl/α,β-unsaturated/α-hetero) is 1. The molecule has 1 saturated heterocycles. The lowest BCUT2D eigenvalue weighted by atomic mass is 9.88. The zero-order chi connectivity index (χ0) is 19.4. The number of phenolic OH excluding ortho intramolecular Hbond substituents is 1. The van der Waals surface area contributed by atoms with Crippen molar-refractivity contribution in [2.75, 3.05) is 20.2 Å². The molecule has 142 valence electrons. The zero-order valence-corrected chi connectivity index (χ0v) is 15.8. The molecule has 2 aromatic rings. The van der Waals surface area contributed by atoms with Crippen molar-refractivity contribution in [2.24, 2.45) is 5.92 Å². The van der Waals surface area contributed by atoms with Crippen molar-refractivity contribution in [2.45, 2.75) is 26.2 Å². The Hall–Kier alpha value is -2.82. The molecule has 0 radical (unpaired) electrons. The maximum Gasteiger partial charge on any atom is 0.227 e. The van der Waals surface area contributed by atoms with Gasteiger partial charge in [-0.1, -0.05) is 17.7 Å². The standard InChI is InChI=1S/C22H25NO4/c1-15-3-8-20(27-2)18(13-15)14-21(25)23-11-9-17(10-12-23)22(26)16-4-6-19(24)7-5-16/h3-8,13,17,24H,9-12,14H2,1-2H3. The molecule has 1 amide bonds. The van der Waals surface area contributed by atoms with Gasteiger partial charge in [-0.05, 0) is 50.1 Å². The van der Waals surface area contributed by atoms with Crippen LogP contribution in [0.5, 0.6) is 11.5 Å². The van der Waals surface area contributed by atoms with Gasteiger partial charge in [0, 0.05) is 30.1 Å². The second kappa shape index (κ2) is 8.25. The first-order valence-corrected chi connectivity index (χ1v) is 9.22. The molecule has 0 aromatic heterocycles. The Bertz CT molecular complexity index is 821. The smallest absolute Gasteiger partial charge is 0.227 e. The van der Waals surface area contributed by atoms with Crippen LogP contribution in [0.25, 0.3) is 0 Å². The number of phenols is 1. The minimum atomic E-state index is -0.0768. The summed E-state index contributed by atoms with van der Waals surface area (Å²) in [7, 11) is 1.61. The maximum absolute atomic E-state index is 12.7. The van der Waals surface area contributed by atoms with E-state index in [4.69, 9.17) is 4.74 Å². The van der Waals surface area contributed by atoms with E-state index < -0.39 is 0 Å². The van der Waals surface area contributed by atoms with E-state index in [1.54, 1.807) is 19.2 Å². The number of carbonyl (C=O) groups is 2. The lowest BCUT2D eigenvalue weighted by molar-refractivity contribution is -0.131. The number of benzene rings is 2. The molecule has 27 heavy (non-hydrogen) atoms. The SMILES string of the molecule is COc1ccc(C)cc1CC(=O)N1CCC(C(=O)c2ccc(O)cc2)CC1. The van der Waals surface area contributed by atoms with Crippen LogP contribution in [-0.2, 0) is 11.2 Å². The van der Waals surface area contributed by atoms with Crippen LogP contribution in [0.1, 0.15) is 34.3 Å². The number of ketones is 1. The number of aromatic hydroxyl groups is 1. The first kappa shape index (κ1) is 19.0. The van der Waals surface area contributed by atoms with E-state index >= 15 is 0 Å². The lowest BCUT2D eigenvalue weighted by Gasteiger charge is -2.31. The van der Waals surface area contributed by atoms with Gasteiger partial charge in [0.2, 0.25) is 5.91 Å². The average Bonchev–Trinajstić information content (AvgIpc) is 2.68. The number of piperidine rings is 1. The van der Waals surface area contributed by atoms with Gasteiger partial charge < -0.3 is 14.7 Å². The fourth-order valence-electron chi connectivity index (χ4n) is 3.57. The second-order valence-electron chi connectivity index (χ2n) is 7.06. The molecule has 0 aliphatic carbocycles. The number of likely N-dealkylation sites (tertiary alicyclic amines) is 1. The summed E-state index contributed by atoms with van der Waals surface area (Å²) in [5.41, 5.74) is 2.60. The molecule has 1 heterocycles.